The minimum atomic E-state index is 0.400. The molecule has 102 valence electrons. The summed E-state index contributed by atoms with van der Waals surface area (Å²) in [7, 11) is 0. The van der Waals surface area contributed by atoms with Crippen molar-refractivity contribution in [3.05, 3.63) is 50.6 Å². The Morgan fingerprint density at radius 1 is 1.26 bits per heavy atom. The van der Waals surface area contributed by atoms with Crippen molar-refractivity contribution in [1.82, 2.24) is 5.32 Å². The van der Waals surface area contributed by atoms with Gasteiger partial charge in [-0.25, -0.2) is 0 Å². The van der Waals surface area contributed by atoms with Gasteiger partial charge in [0.1, 0.15) is 0 Å². The Bertz CT molecular complexity index is 507. The summed E-state index contributed by atoms with van der Waals surface area (Å²) >= 11 is 7.29. The highest BCUT2D eigenvalue weighted by Gasteiger charge is 2.14. The molecule has 0 spiro atoms. The molecular weight excluding hydrogens is 338 g/mol. The highest BCUT2D eigenvalue weighted by atomic mass is 79.9. The number of thiophene rings is 1. The molecule has 2 aromatic rings. The molecule has 0 aliphatic carbocycles. The van der Waals surface area contributed by atoms with Gasteiger partial charge in [-0.1, -0.05) is 24.6 Å². The van der Waals surface area contributed by atoms with Gasteiger partial charge in [0.2, 0.25) is 0 Å². The molecule has 0 radical (unpaired) electrons. The maximum Gasteiger partial charge on any atom is 0.0434 e. The number of halogens is 1. The van der Waals surface area contributed by atoms with Gasteiger partial charge in [0.05, 0.1) is 0 Å². The molecule has 19 heavy (non-hydrogen) atoms. The average Bonchev–Trinajstić information content (AvgIpc) is 2.83. The zero-order valence-corrected chi connectivity index (χ0v) is 14.4. The van der Waals surface area contributed by atoms with Crippen LogP contribution in [0.5, 0.6) is 0 Å². The summed E-state index contributed by atoms with van der Waals surface area (Å²) in [5.41, 5.74) is 2.68. The van der Waals surface area contributed by atoms with E-state index in [4.69, 9.17) is 0 Å². The molecule has 1 atom stereocenters. The summed E-state index contributed by atoms with van der Waals surface area (Å²) in [4.78, 5) is 1.33. The Hall–Kier alpha value is -0.290. The van der Waals surface area contributed by atoms with Crippen LogP contribution < -0.4 is 5.32 Å². The minimum Gasteiger partial charge on any atom is -0.309 e. The van der Waals surface area contributed by atoms with Crippen LogP contribution in [0.1, 0.15) is 24.1 Å². The molecule has 0 aliphatic rings. The molecule has 1 heterocycles. The van der Waals surface area contributed by atoms with Crippen LogP contribution >= 0.6 is 39.0 Å². The lowest BCUT2D eigenvalue weighted by atomic mass is 10.2. The van der Waals surface area contributed by atoms with Gasteiger partial charge in [0.25, 0.3) is 0 Å². The van der Waals surface area contributed by atoms with Crippen molar-refractivity contribution in [2.45, 2.75) is 24.8 Å². The highest BCUT2D eigenvalue weighted by Crippen LogP contribution is 2.31. The van der Waals surface area contributed by atoms with E-state index in [0.717, 1.165) is 12.3 Å². The van der Waals surface area contributed by atoms with E-state index in [1.807, 2.05) is 11.8 Å². The number of hydrogen-bond acceptors (Lipinski definition) is 3. The monoisotopic (exact) mass is 355 g/mol. The first-order chi connectivity index (χ1) is 9.20. The van der Waals surface area contributed by atoms with E-state index in [1.54, 1.807) is 11.3 Å². The molecule has 0 amide bonds. The van der Waals surface area contributed by atoms with Crippen molar-refractivity contribution < 1.29 is 0 Å². The topological polar surface area (TPSA) is 12.0 Å². The van der Waals surface area contributed by atoms with Crippen LogP contribution in [0.4, 0.5) is 0 Å². The van der Waals surface area contributed by atoms with Gasteiger partial charge in [-0.15, -0.1) is 11.8 Å². The van der Waals surface area contributed by atoms with Crippen LogP contribution in [-0.4, -0.2) is 12.3 Å². The molecule has 1 aromatic heterocycles. The predicted octanol–water partition coefficient (Wildman–Crippen LogP) is 5.26. The lowest BCUT2D eigenvalue weighted by molar-refractivity contribution is 0.606. The van der Waals surface area contributed by atoms with E-state index in [1.165, 1.54) is 20.5 Å². The fraction of sp³-hybridized carbons (Fsp3) is 0.333. The third-order valence-corrected chi connectivity index (χ3v) is 5.76. The number of hydrogen-bond donors (Lipinski definition) is 1. The Balaban J connectivity index is 2.01. The average molecular weight is 356 g/mol. The maximum absolute atomic E-state index is 3.63. The fourth-order valence-corrected chi connectivity index (χ4v) is 4.47. The minimum absolute atomic E-state index is 0.400. The Kier molecular flexibility index (Phi) is 5.95. The molecule has 1 aromatic carbocycles. The van der Waals surface area contributed by atoms with Crippen LogP contribution in [0.15, 0.2) is 44.4 Å². The molecule has 0 bridgehead atoms. The first kappa shape index (κ1) is 15.1. The van der Waals surface area contributed by atoms with E-state index < -0.39 is 0 Å². The van der Waals surface area contributed by atoms with Crippen LogP contribution in [0.25, 0.3) is 0 Å². The molecule has 0 saturated heterocycles. The zero-order chi connectivity index (χ0) is 13.7. The van der Waals surface area contributed by atoms with Gasteiger partial charge >= 0.3 is 0 Å². The highest BCUT2D eigenvalue weighted by molar-refractivity contribution is 9.10. The van der Waals surface area contributed by atoms with Crippen LogP contribution in [0, 0.1) is 6.92 Å². The van der Waals surface area contributed by atoms with Gasteiger partial charge in [0.15, 0.2) is 0 Å². The van der Waals surface area contributed by atoms with Crippen molar-refractivity contribution in [1.29, 1.82) is 0 Å². The molecule has 0 aliphatic heterocycles. The van der Waals surface area contributed by atoms with E-state index in [9.17, 15) is 0 Å². The normalized spacial score (nSPS) is 12.6. The molecule has 1 nitrogen and oxygen atoms in total. The third kappa shape index (κ3) is 4.35. The smallest absolute Gasteiger partial charge is 0.0434 e. The molecule has 2 rings (SSSR count). The second kappa shape index (κ2) is 7.48. The molecule has 1 N–H and O–H groups in total. The van der Waals surface area contributed by atoms with Gasteiger partial charge in [-0.3, -0.25) is 0 Å². The van der Waals surface area contributed by atoms with E-state index in [0.29, 0.717) is 6.04 Å². The number of aryl methyl sites for hydroxylation is 1. The van der Waals surface area contributed by atoms with Crippen LogP contribution in [0.3, 0.4) is 0 Å². The van der Waals surface area contributed by atoms with Gasteiger partial charge in [0, 0.05) is 26.5 Å². The second-order valence-electron chi connectivity index (χ2n) is 4.41. The van der Waals surface area contributed by atoms with Crippen molar-refractivity contribution >= 4 is 39.0 Å². The van der Waals surface area contributed by atoms with E-state index in [-0.39, 0.29) is 0 Å². The lowest BCUT2D eigenvalue weighted by Gasteiger charge is -2.17. The van der Waals surface area contributed by atoms with Crippen molar-refractivity contribution in [3.63, 3.8) is 0 Å². The van der Waals surface area contributed by atoms with Crippen molar-refractivity contribution in [2.75, 3.05) is 12.3 Å². The largest absolute Gasteiger partial charge is 0.309 e. The second-order valence-corrected chi connectivity index (χ2v) is 7.10. The fourth-order valence-electron chi connectivity index (χ4n) is 1.86. The Labute approximate surface area is 131 Å². The number of rotatable bonds is 6. The Morgan fingerprint density at radius 2 is 2.00 bits per heavy atom. The summed E-state index contributed by atoms with van der Waals surface area (Å²) < 4.78 is 1.22. The summed E-state index contributed by atoms with van der Waals surface area (Å²) in [5, 5.41) is 7.94. The van der Waals surface area contributed by atoms with E-state index >= 15 is 0 Å². The molecule has 1 unspecified atom stereocenters. The molecule has 0 saturated carbocycles. The van der Waals surface area contributed by atoms with Gasteiger partial charge < -0.3 is 5.32 Å². The third-order valence-electron chi connectivity index (χ3n) is 2.91. The van der Waals surface area contributed by atoms with Gasteiger partial charge in [-0.05, 0) is 52.5 Å². The lowest BCUT2D eigenvalue weighted by Crippen LogP contribution is -2.22. The summed E-state index contributed by atoms with van der Waals surface area (Å²) in [6.07, 6.45) is 0. The summed E-state index contributed by atoms with van der Waals surface area (Å²) in [6.45, 7) is 5.27. The van der Waals surface area contributed by atoms with Crippen LogP contribution in [0.2, 0.25) is 0 Å². The quantitative estimate of drug-likeness (QED) is 0.709. The Morgan fingerprint density at radius 3 is 2.58 bits per heavy atom. The van der Waals surface area contributed by atoms with Crippen LogP contribution in [-0.2, 0) is 0 Å². The molecular formula is C15H18BrNS2. The molecule has 4 heteroatoms. The first-order valence-corrected chi connectivity index (χ1v) is 9.07. The zero-order valence-electron chi connectivity index (χ0n) is 11.2. The van der Waals surface area contributed by atoms with E-state index in [2.05, 4.69) is 70.1 Å². The number of nitrogens with one attached hydrogen (secondary N) is 1. The van der Waals surface area contributed by atoms with Crippen molar-refractivity contribution in [2.24, 2.45) is 0 Å². The number of thioether (sulfide) groups is 1. The number of benzene rings is 1. The maximum atomic E-state index is 3.63. The molecule has 0 fully saturated rings. The SMILES string of the molecule is CCNC(CSc1ccc(C)cc1)c1cscc1Br. The summed E-state index contributed by atoms with van der Waals surface area (Å²) in [5.74, 6) is 1.05. The standard InChI is InChI=1S/C15H18BrNS2/c1-3-17-15(13-8-18-9-14(13)16)10-19-12-6-4-11(2)5-7-12/h4-9,15,17H,3,10H2,1-2H3. The predicted molar refractivity (Wildman–Crippen MR) is 90.3 cm³/mol. The summed E-state index contributed by atoms with van der Waals surface area (Å²) in [6, 6.07) is 9.14. The van der Waals surface area contributed by atoms with Gasteiger partial charge in [-0.2, -0.15) is 11.3 Å². The first-order valence-electron chi connectivity index (χ1n) is 6.35. The van der Waals surface area contributed by atoms with Crippen molar-refractivity contribution in [3.8, 4) is 0 Å².